The second-order valence-electron chi connectivity index (χ2n) is 3.16. The Morgan fingerprint density at radius 1 is 1.73 bits per heavy atom. The zero-order valence-electron chi connectivity index (χ0n) is 8.87. The third-order valence-corrected chi connectivity index (χ3v) is 1.80. The highest BCUT2D eigenvalue weighted by Crippen LogP contribution is 2.10. The van der Waals surface area contributed by atoms with E-state index >= 15 is 0 Å². The number of nitrogens with one attached hydrogen (secondary N) is 2. The van der Waals surface area contributed by atoms with Crippen molar-refractivity contribution in [2.45, 2.75) is 6.92 Å². The highest BCUT2D eigenvalue weighted by molar-refractivity contribution is 5.92. The van der Waals surface area contributed by atoms with Crippen LogP contribution in [0.5, 0.6) is 0 Å². The van der Waals surface area contributed by atoms with Gasteiger partial charge in [-0.2, -0.15) is 5.10 Å². The predicted molar refractivity (Wildman–Crippen MR) is 58.3 cm³/mol. The zero-order chi connectivity index (χ0) is 11.3. The molecule has 5 heteroatoms. The maximum Gasteiger partial charge on any atom is 0.238 e. The lowest BCUT2D eigenvalue weighted by Gasteiger charge is -2.02. The summed E-state index contributed by atoms with van der Waals surface area (Å²) in [7, 11) is 1.80. The average Bonchev–Trinajstić information content (AvgIpc) is 2.45. The van der Waals surface area contributed by atoms with Crippen LogP contribution in [0.4, 0.5) is 5.69 Å². The Morgan fingerprint density at radius 2 is 2.47 bits per heavy atom. The lowest BCUT2D eigenvalue weighted by Crippen LogP contribution is -2.28. The van der Waals surface area contributed by atoms with Crippen molar-refractivity contribution in [3.63, 3.8) is 0 Å². The number of carbonyl (C=O) groups excluding carboxylic acids is 1. The van der Waals surface area contributed by atoms with Gasteiger partial charge < -0.3 is 5.32 Å². The van der Waals surface area contributed by atoms with Crippen LogP contribution in [0, 0.1) is 19.3 Å². The van der Waals surface area contributed by atoms with Gasteiger partial charge in [-0.15, -0.1) is 6.42 Å². The number of anilines is 1. The van der Waals surface area contributed by atoms with Gasteiger partial charge in [0, 0.05) is 13.2 Å². The summed E-state index contributed by atoms with van der Waals surface area (Å²) in [5.74, 6) is 2.27. The largest absolute Gasteiger partial charge is 0.322 e. The number of aryl methyl sites for hydroxylation is 2. The van der Waals surface area contributed by atoms with E-state index in [-0.39, 0.29) is 12.5 Å². The minimum atomic E-state index is -0.124. The molecule has 2 N–H and O–H groups in total. The van der Waals surface area contributed by atoms with E-state index in [1.165, 1.54) is 0 Å². The van der Waals surface area contributed by atoms with E-state index in [2.05, 4.69) is 21.7 Å². The van der Waals surface area contributed by atoms with Crippen molar-refractivity contribution in [1.29, 1.82) is 0 Å². The SMILES string of the molecule is C#CCNCC(=O)Nc1cn(C)nc1C. The number of carbonyl (C=O) groups is 1. The number of hydrogen-bond donors (Lipinski definition) is 2. The fraction of sp³-hybridized carbons (Fsp3) is 0.400. The third kappa shape index (κ3) is 3.44. The highest BCUT2D eigenvalue weighted by Gasteiger charge is 2.06. The zero-order valence-corrected chi connectivity index (χ0v) is 8.87. The summed E-state index contributed by atoms with van der Waals surface area (Å²) in [5, 5.41) is 9.65. The molecule has 1 heterocycles. The molecule has 0 spiro atoms. The van der Waals surface area contributed by atoms with Crippen molar-refractivity contribution < 1.29 is 4.79 Å². The highest BCUT2D eigenvalue weighted by atomic mass is 16.1. The maximum absolute atomic E-state index is 11.4. The van der Waals surface area contributed by atoms with Crippen molar-refractivity contribution >= 4 is 11.6 Å². The van der Waals surface area contributed by atoms with Crippen LogP contribution < -0.4 is 10.6 Å². The molecule has 0 saturated heterocycles. The van der Waals surface area contributed by atoms with E-state index in [1.807, 2.05) is 6.92 Å². The molecule has 0 aliphatic carbocycles. The molecular formula is C10H14N4O. The van der Waals surface area contributed by atoms with Gasteiger partial charge in [-0.1, -0.05) is 5.92 Å². The first-order chi connectivity index (χ1) is 7.13. The quantitative estimate of drug-likeness (QED) is 0.534. The van der Waals surface area contributed by atoms with Gasteiger partial charge in [0.2, 0.25) is 5.91 Å². The van der Waals surface area contributed by atoms with Crippen LogP contribution in [0.3, 0.4) is 0 Å². The standard InChI is InChI=1S/C10H14N4O/c1-4-5-11-6-10(15)12-9-7-14(3)13-8(9)2/h1,7,11H,5-6H2,2-3H3,(H,12,15). The fourth-order valence-electron chi connectivity index (χ4n) is 1.16. The van der Waals surface area contributed by atoms with Crippen LogP contribution in [0.1, 0.15) is 5.69 Å². The molecule has 0 unspecified atom stereocenters. The number of aromatic nitrogens is 2. The number of nitrogens with zero attached hydrogens (tertiary/aromatic N) is 2. The van der Waals surface area contributed by atoms with E-state index < -0.39 is 0 Å². The van der Waals surface area contributed by atoms with E-state index in [0.717, 1.165) is 11.4 Å². The van der Waals surface area contributed by atoms with Crippen molar-refractivity contribution in [1.82, 2.24) is 15.1 Å². The molecule has 0 aliphatic heterocycles. The molecule has 0 radical (unpaired) electrons. The van der Waals surface area contributed by atoms with Gasteiger partial charge in [0.15, 0.2) is 0 Å². The van der Waals surface area contributed by atoms with Crippen LogP contribution in [0.15, 0.2) is 6.20 Å². The summed E-state index contributed by atoms with van der Waals surface area (Å²) >= 11 is 0. The topological polar surface area (TPSA) is 59.0 Å². The molecule has 15 heavy (non-hydrogen) atoms. The Hall–Kier alpha value is -1.80. The van der Waals surface area contributed by atoms with Crippen molar-refractivity contribution in [3.05, 3.63) is 11.9 Å². The Bertz CT molecular complexity index is 389. The minimum absolute atomic E-state index is 0.124. The second-order valence-corrected chi connectivity index (χ2v) is 3.16. The molecular weight excluding hydrogens is 192 g/mol. The molecule has 0 saturated carbocycles. The molecule has 80 valence electrons. The van der Waals surface area contributed by atoms with Gasteiger partial charge in [0.1, 0.15) is 0 Å². The van der Waals surface area contributed by atoms with Crippen molar-refractivity contribution in [3.8, 4) is 12.3 Å². The number of terminal acetylenes is 1. The molecule has 1 amide bonds. The summed E-state index contributed by atoms with van der Waals surface area (Å²) in [5.41, 5.74) is 1.52. The lowest BCUT2D eigenvalue weighted by atomic mass is 10.4. The monoisotopic (exact) mass is 206 g/mol. The summed E-state index contributed by atoms with van der Waals surface area (Å²) in [6.45, 7) is 2.43. The molecule has 1 rings (SSSR count). The Labute approximate surface area is 88.9 Å². The van der Waals surface area contributed by atoms with E-state index in [1.54, 1.807) is 17.9 Å². The molecule has 0 aliphatic rings. The molecule has 0 atom stereocenters. The first kappa shape index (κ1) is 11.3. The average molecular weight is 206 g/mol. The van der Waals surface area contributed by atoms with Crippen LogP contribution in [0.25, 0.3) is 0 Å². The van der Waals surface area contributed by atoms with E-state index in [0.29, 0.717) is 6.54 Å². The molecule has 0 aromatic carbocycles. The number of amides is 1. The van der Waals surface area contributed by atoms with E-state index in [4.69, 9.17) is 6.42 Å². The molecule has 1 aromatic heterocycles. The van der Waals surface area contributed by atoms with E-state index in [9.17, 15) is 4.79 Å². The molecule has 5 nitrogen and oxygen atoms in total. The molecule has 0 fully saturated rings. The lowest BCUT2D eigenvalue weighted by molar-refractivity contribution is -0.115. The van der Waals surface area contributed by atoms with Gasteiger partial charge in [0.05, 0.1) is 24.5 Å². The Kier molecular flexibility index (Phi) is 3.89. The van der Waals surface area contributed by atoms with Gasteiger partial charge in [-0.05, 0) is 6.92 Å². The summed E-state index contributed by atoms with van der Waals surface area (Å²) in [6.07, 6.45) is 6.80. The summed E-state index contributed by atoms with van der Waals surface area (Å²) in [6, 6.07) is 0. The maximum atomic E-state index is 11.4. The van der Waals surface area contributed by atoms with Crippen molar-refractivity contribution in [2.75, 3.05) is 18.4 Å². The van der Waals surface area contributed by atoms with Crippen molar-refractivity contribution in [2.24, 2.45) is 7.05 Å². The number of hydrogen-bond acceptors (Lipinski definition) is 3. The van der Waals surface area contributed by atoms with Crippen LogP contribution >= 0.6 is 0 Å². The van der Waals surface area contributed by atoms with Gasteiger partial charge in [0.25, 0.3) is 0 Å². The Morgan fingerprint density at radius 3 is 3.00 bits per heavy atom. The first-order valence-electron chi connectivity index (χ1n) is 4.57. The summed E-state index contributed by atoms with van der Waals surface area (Å²) < 4.78 is 1.65. The minimum Gasteiger partial charge on any atom is -0.322 e. The van der Waals surface area contributed by atoms with Crippen LogP contribution in [0.2, 0.25) is 0 Å². The Balaban J connectivity index is 2.45. The van der Waals surface area contributed by atoms with Gasteiger partial charge in [-0.25, -0.2) is 0 Å². The predicted octanol–water partition coefficient (Wildman–Crippen LogP) is -0.110. The first-order valence-corrected chi connectivity index (χ1v) is 4.57. The third-order valence-electron chi connectivity index (χ3n) is 1.80. The number of rotatable bonds is 4. The molecule has 0 bridgehead atoms. The van der Waals surface area contributed by atoms with Crippen LogP contribution in [-0.2, 0) is 11.8 Å². The molecule has 1 aromatic rings. The summed E-state index contributed by atoms with van der Waals surface area (Å²) in [4.78, 5) is 11.4. The van der Waals surface area contributed by atoms with Gasteiger partial charge in [-0.3, -0.25) is 14.8 Å². The normalized spacial score (nSPS) is 9.67. The smallest absolute Gasteiger partial charge is 0.238 e. The van der Waals surface area contributed by atoms with Gasteiger partial charge >= 0.3 is 0 Å². The fourth-order valence-corrected chi connectivity index (χ4v) is 1.16. The van der Waals surface area contributed by atoms with Crippen LogP contribution in [-0.4, -0.2) is 28.8 Å². The second kappa shape index (κ2) is 5.17.